The van der Waals surface area contributed by atoms with Crippen LogP contribution in [-0.4, -0.2) is 69.4 Å². The van der Waals surface area contributed by atoms with E-state index in [0.29, 0.717) is 34.8 Å². The Hall–Kier alpha value is -3.37. The summed E-state index contributed by atoms with van der Waals surface area (Å²) >= 11 is 6.63. The molecule has 1 aliphatic heterocycles. The highest BCUT2D eigenvalue weighted by molar-refractivity contribution is 6.37. The second kappa shape index (κ2) is 9.47. The van der Waals surface area contributed by atoms with E-state index in [1.165, 1.54) is 0 Å². The molecular formula is C23H26ClFN8O. The highest BCUT2D eigenvalue weighted by Gasteiger charge is 2.20. The number of nitrogens with one attached hydrogen (secondary N) is 3. The van der Waals surface area contributed by atoms with Crippen molar-refractivity contribution in [2.75, 3.05) is 49.6 Å². The van der Waals surface area contributed by atoms with Crippen molar-refractivity contribution in [3.8, 4) is 11.8 Å². The Bertz CT molecular complexity index is 1300. The molecule has 0 radical (unpaired) electrons. The maximum Gasteiger partial charge on any atom is 0.325 e. The molecule has 5 rings (SSSR count). The first kappa shape index (κ1) is 22.4. The van der Waals surface area contributed by atoms with Crippen LogP contribution in [0.15, 0.2) is 30.3 Å². The van der Waals surface area contributed by atoms with Crippen LogP contribution in [0.25, 0.3) is 10.9 Å². The van der Waals surface area contributed by atoms with Crippen LogP contribution in [0.1, 0.15) is 11.4 Å². The van der Waals surface area contributed by atoms with Crippen molar-refractivity contribution in [3.63, 3.8) is 0 Å². The zero-order valence-electron chi connectivity index (χ0n) is 19.0. The number of ether oxygens (including phenoxy) is 1. The standard InChI is InChI=1S/C23H26ClFN8O/c1-14-11-16-17(26-14)3-4-18(22(16)24)34-23-28-19(27-20-12-15(2)30-31-20)13-21(29-23)33-9-7-32(6-5-25)8-10-33/h3-4,11-13,26H,5-10H2,1-2H3,(H2,27,28,29,30,31). The van der Waals surface area contributed by atoms with Gasteiger partial charge in [-0.3, -0.25) is 10.00 Å². The molecule has 0 spiro atoms. The van der Waals surface area contributed by atoms with Crippen molar-refractivity contribution in [2.45, 2.75) is 13.8 Å². The van der Waals surface area contributed by atoms with Crippen LogP contribution in [-0.2, 0) is 0 Å². The van der Waals surface area contributed by atoms with E-state index in [1.807, 2.05) is 38.1 Å². The van der Waals surface area contributed by atoms with Crippen LogP contribution in [0.3, 0.4) is 0 Å². The van der Waals surface area contributed by atoms with Gasteiger partial charge in [-0.25, -0.2) is 4.39 Å². The zero-order chi connectivity index (χ0) is 23.7. The van der Waals surface area contributed by atoms with Gasteiger partial charge in [0.25, 0.3) is 0 Å². The fourth-order valence-electron chi connectivity index (χ4n) is 4.08. The lowest BCUT2D eigenvalue weighted by atomic mass is 10.2. The van der Waals surface area contributed by atoms with E-state index in [9.17, 15) is 4.39 Å². The number of halogens is 2. The third kappa shape index (κ3) is 4.78. The number of aromatic nitrogens is 5. The minimum absolute atomic E-state index is 0.173. The Kier molecular flexibility index (Phi) is 6.25. The third-order valence-corrected chi connectivity index (χ3v) is 6.18. The van der Waals surface area contributed by atoms with Crippen LogP contribution in [0.4, 0.5) is 21.8 Å². The number of H-pyrrole nitrogens is 2. The van der Waals surface area contributed by atoms with Gasteiger partial charge in [-0.15, -0.1) is 0 Å². The third-order valence-electron chi connectivity index (χ3n) is 5.79. The van der Waals surface area contributed by atoms with Crippen molar-refractivity contribution in [3.05, 3.63) is 46.7 Å². The summed E-state index contributed by atoms with van der Waals surface area (Å²) in [6, 6.07) is 9.62. The summed E-state index contributed by atoms with van der Waals surface area (Å²) in [6.07, 6.45) is 0. The minimum Gasteiger partial charge on any atom is -0.423 e. The molecule has 1 aromatic carbocycles. The van der Waals surface area contributed by atoms with E-state index in [-0.39, 0.29) is 12.7 Å². The Labute approximate surface area is 201 Å². The highest BCUT2D eigenvalue weighted by atomic mass is 35.5. The summed E-state index contributed by atoms with van der Waals surface area (Å²) in [7, 11) is 0. The lowest BCUT2D eigenvalue weighted by molar-refractivity contribution is 0.235. The summed E-state index contributed by atoms with van der Waals surface area (Å²) < 4.78 is 18.8. The Balaban J connectivity index is 1.45. The second-order valence-electron chi connectivity index (χ2n) is 8.37. The quantitative estimate of drug-likeness (QED) is 0.353. The molecule has 3 aromatic heterocycles. The Morgan fingerprint density at radius 1 is 1.06 bits per heavy atom. The van der Waals surface area contributed by atoms with E-state index < -0.39 is 0 Å². The number of nitrogens with zero attached hydrogens (tertiary/aromatic N) is 5. The van der Waals surface area contributed by atoms with Gasteiger partial charge in [0.05, 0.1) is 5.02 Å². The lowest BCUT2D eigenvalue weighted by Gasteiger charge is -2.35. The first-order chi connectivity index (χ1) is 16.5. The predicted octanol–water partition coefficient (Wildman–Crippen LogP) is 4.58. The van der Waals surface area contributed by atoms with Crippen LogP contribution >= 0.6 is 11.6 Å². The van der Waals surface area contributed by atoms with Crippen molar-refractivity contribution < 1.29 is 9.13 Å². The molecule has 4 aromatic rings. The van der Waals surface area contributed by atoms with Gasteiger partial charge in [-0.2, -0.15) is 15.1 Å². The monoisotopic (exact) mass is 484 g/mol. The largest absolute Gasteiger partial charge is 0.423 e. The number of aryl methyl sites for hydroxylation is 2. The molecule has 0 unspecified atom stereocenters. The molecule has 1 saturated heterocycles. The molecule has 0 bridgehead atoms. The summed E-state index contributed by atoms with van der Waals surface area (Å²) in [4.78, 5) is 16.7. The average Bonchev–Trinajstić information content (AvgIpc) is 3.41. The Morgan fingerprint density at radius 2 is 1.88 bits per heavy atom. The smallest absolute Gasteiger partial charge is 0.325 e. The van der Waals surface area contributed by atoms with E-state index in [1.54, 1.807) is 6.07 Å². The summed E-state index contributed by atoms with van der Waals surface area (Å²) in [5.74, 6) is 2.38. The van der Waals surface area contributed by atoms with Crippen LogP contribution < -0.4 is 15.0 Å². The van der Waals surface area contributed by atoms with Gasteiger partial charge in [0, 0.05) is 67.1 Å². The number of alkyl halides is 1. The van der Waals surface area contributed by atoms with Gasteiger partial charge in [0.1, 0.15) is 24.1 Å². The van der Waals surface area contributed by atoms with Gasteiger partial charge in [0.15, 0.2) is 5.82 Å². The number of rotatable bonds is 7. The number of benzene rings is 1. The van der Waals surface area contributed by atoms with E-state index in [2.05, 4.69) is 40.3 Å². The average molecular weight is 485 g/mol. The molecule has 178 valence electrons. The first-order valence-electron chi connectivity index (χ1n) is 11.2. The van der Waals surface area contributed by atoms with Crippen molar-refractivity contribution in [1.29, 1.82) is 0 Å². The van der Waals surface area contributed by atoms with Crippen LogP contribution in [0.5, 0.6) is 11.8 Å². The molecule has 0 atom stereocenters. The van der Waals surface area contributed by atoms with Gasteiger partial charge in [-0.05, 0) is 32.0 Å². The number of hydrogen-bond donors (Lipinski definition) is 3. The van der Waals surface area contributed by atoms with E-state index >= 15 is 0 Å². The summed E-state index contributed by atoms with van der Waals surface area (Å²) in [6.45, 7) is 7.01. The van der Waals surface area contributed by atoms with Crippen molar-refractivity contribution in [2.24, 2.45) is 0 Å². The molecular weight excluding hydrogens is 459 g/mol. The number of aromatic amines is 2. The summed E-state index contributed by atoms with van der Waals surface area (Å²) in [5, 5.41) is 11.7. The predicted molar refractivity (Wildman–Crippen MR) is 131 cm³/mol. The van der Waals surface area contributed by atoms with Gasteiger partial charge in [-0.1, -0.05) is 11.6 Å². The molecule has 1 aliphatic rings. The van der Waals surface area contributed by atoms with E-state index in [4.69, 9.17) is 16.3 Å². The second-order valence-corrected chi connectivity index (χ2v) is 8.74. The maximum atomic E-state index is 12.7. The van der Waals surface area contributed by atoms with Crippen LogP contribution in [0, 0.1) is 13.8 Å². The number of piperazine rings is 1. The van der Waals surface area contributed by atoms with E-state index in [0.717, 1.165) is 48.5 Å². The van der Waals surface area contributed by atoms with Gasteiger partial charge in [0.2, 0.25) is 0 Å². The lowest BCUT2D eigenvalue weighted by Crippen LogP contribution is -2.47. The molecule has 34 heavy (non-hydrogen) atoms. The van der Waals surface area contributed by atoms with Gasteiger partial charge >= 0.3 is 6.01 Å². The fraction of sp³-hybridized carbons (Fsp3) is 0.348. The first-order valence-corrected chi connectivity index (χ1v) is 11.5. The molecule has 1 fully saturated rings. The molecule has 0 amide bonds. The van der Waals surface area contributed by atoms with Crippen LogP contribution in [0.2, 0.25) is 5.02 Å². The molecule has 9 nitrogen and oxygen atoms in total. The highest BCUT2D eigenvalue weighted by Crippen LogP contribution is 2.36. The minimum atomic E-state index is -0.339. The molecule has 4 heterocycles. The summed E-state index contributed by atoms with van der Waals surface area (Å²) in [5.41, 5.74) is 2.88. The topological polar surface area (TPSA) is 98.0 Å². The molecule has 11 heteroatoms. The molecule has 3 N–H and O–H groups in total. The SMILES string of the molecule is Cc1cc(Nc2cc(N3CCN(CCF)CC3)nc(Oc3ccc4[nH]c(C)cc4c3Cl)n2)n[nH]1. The maximum absolute atomic E-state index is 12.7. The zero-order valence-corrected chi connectivity index (χ0v) is 19.8. The molecule has 0 aliphatic carbocycles. The fourth-order valence-corrected chi connectivity index (χ4v) is 4.34. The Morgan fingerprint density at radius 3 is 2.62 bits per heavy atom. The van der Waals surface area contributed by atoms with Gasteiger partial charge < -0.3 is 19.9 Å². The van der Waals surface area contributed by atoms with Crippen molar-refractivity contribution >= 4 is 40.0 Å². The normalized spacial score (nSPS) is 14.6. The number of fused-ring (bicyclic) bond motifs is 1. The number of anilines is 3. The molecule has 0 saturated carbocycles. The van der Waals surface area contributed by atoms with Crippen molar-refractivity contribution in [1.82, 2.24) is 30.0 Å². The number of hydrogen-bond acceptors (Lipinski definition) is 7.